The lowest BCUT2D eigenvalue weighted by atomic mass is 10.1. The van der Waals surface area contributed by atoms with Crippen LogP contribution in [-0.2, 0) is 17.9 Å². The van der Waals surface area contributed by atoms with E-state index in [9.17, 15) is 4.79 Å². The Labute approximate surface area is 177 Å². The Morgan fingerprint density at radius 1 is 1.07 bits per heavy atom. The molecule has 0 aliphatic rings. The molecule has 1 heterocycles. The summed E-state index contributed by atoms with van der Waals surface area (Å²) in [4.78, 5) is 14.7. The van der Waals surface area contributed by atoms with Crippen LogP contribution in [0.2, 0.25) is 5.02 Å². The minimum atomic E-state index is -0.0435. The van der Waals surface area contributed by atoms with Gasteiger partial charge in [-0.2, -0.15) is 0 Å². The van der Waals surface area contributed by atoms with Crippen LogP contribution >= 0.6 is 11.6 Å². The van der Waals surface area contributed by atoms with E-state index < -0.39 is 0 Å². The molecule has 0 aliphatic carbocycles. The number of aryl methyl sites for hydroxylation is 1. The molecule has 3 aromatic rings. The zero-order chi connectivity index (χ0) is 20.8. The van der Waals surface area contributed by atoms with E-state index in [2.05, 4.69) is 48.0 Å². The number of ether oxygens (including phenoxy) is 1. The van der Waals surface area contributed by atoms with Gasteiger partial charge < -0.3 is 14.2 Å². The maximum Gasteiger partial charge on any atom is 0.261 e. The number of rotatable bonds is 8. The van der Waals surface area contributed by atoms with Crippen LogP contribution in [-0.4, -0.2) is 28.0 Å². The average Bonchev–Trinajstić information content (AvgIpc) is 3.13. The first-order valence-electron chi connectivity index (χ1n) is 9.80. The number of benzene rings is 2. The zero-order valence-corrected chi connectivity index (χ0v) is 17.9. The molecule has 0 atom stereocenters. The first kappa shape index (κ1) is 21.0. The zero-order valence-electron chi connectivity index (χ0n) is 17.1. The SMILES string of the molecule is Cc1ccc(Cn2cccc2CN(C(=O)COc2ccc(Cl)cc2)C(C)C)cc1. The summed E-state index contributed by atoms with van der Waals surface area (Å²) >= 11 is 5.89. The van der Waals surface area contributed by atoms with Crippen molar-refractivity contribution in [2.75, 3.05) is 6.61 Å². The normalized spacial score (nSPS) is 10.9. The summed E-state index contributed by atoms with van der Waals surface area (Å²) < 4.78 is 7.84. The molecular formula is C24H27ClN2O2. The Morgan fingerprint density at radius 3 is 2.41 bits per heavy atom. The molecule has 0 aliphatic heterocycles. The Hall–Kier alpha value is -2.72. The van der Waals surface area contributed by atoms with E-state index in [0.717, 1.165) is 12.2 Å². The quantitative estimate of drug-likeness (QED) is 0.504. The molecule has 152 valence electrons. The van der Waals surface area contributed by atoms with E-state index in [1.165, 1.54) is 11.1 Å². The molecule has 0 bridgehead atoms. The fourth-order valence-electron chi connectivity index (χ4n) is 3.13. The fourth-order valence-corrected chi connectivity index (χ4v) is 3.26. The van der Waals surface area contributed by atoms with Crippen molar-refractivity contribution < 1.29 is 9.53 Å². The fraction of sp³-hybridized carbons (Fsp3) is 0.292. The summed E-state index contributed by atoms with van der Waals surface area (Å²) in [6.07, 6.45) is 2.06. The molecule has 0 N–H and O–H groups in total. The number of hydrogen-bond acceptors (Lipinski definition) is 2. The van der Waals surface area contributed by atoms with Crippen LogP contribution in [0.25, 0.3) is 0 Å². The van der Waals surface area contributed by atoms with Crippen molar-refractivity contribution in [3.05, 3.63) is 88.7 Å². The Balaban J connectivity index is 1.65. The van der Waals surface area contributed by atoms with Crippen molar-refractivity contribution in [3.8, 4) is 5.75 Å². The summed E-state index contributed by atoms with van der Waals surface area (Å²) in [5, 5.41) is 0.641. The Morgan fingerprint density at radius 2 is 1.76 bits per heavy atom. The molecule has 4 nitrogen and oxygen atoms in total. The summed E-state index contributed by atoms with van der Waals surface area (Å²) in [6.45, 7) is 7.45. The highest BCUT2D eigenvalue weighted by atomic mass is 35.5. The van der Waals surface area contributed by atoms with E-state index >= 15 is 0 Å². The van der Waals surface area contributed by atoms with Gasteiger partial charge in [0.2, 0.25) is 0 Å². The van der Waals surface area contributed by atoms with Crippen molar-refractivity contribution in [3.63, 3.8) is 0 Å². The van der Waals surface area contributed by atoms with E-state index in [-0.39, 0.29) is 18.6 Å². The van der Waals surface area contributed by atoms with Gasteiger partial charge in [0.25, 0.3) is 5.91 Å². The van der Waals surface area contributed by atoms with Crippen LogP contribution in [0.1, 0.15) is 30.7 Å². The maximum atomic E-state index is 12.8. The van der Waals surface area contributed by atoms with Crippen LogP contribution in [0.15, 0.2) is 66.9 Å². The second-order valence-electron chi connectivity index (χ2n) is 7.47. The van der Waals surface area contributed by atoms with E-state index in [4.69, 9.17) is 16.3 Å². The predicted octanol–water partition coefficient (Wildman–Crippen LogP) is 5.31. The third-order valence-corrected chi connectivity index (χ3v) is 5.10. The van der Waals surface area contributed by atoms with E-state index in [1.54, 1.807) is 24.3 Å². The Bertz CT molecular complexity index is 930. The van der Waals surface area contributed by atoms with Crippen LogP contribution in [0.4, 0.5) is 0 Å². The molecule has 0 fully saturated rings. The molecule has 1 aromatic heterocycles. The minimum absolute atomic E-state index is 0.00150. The molecule has 0 spiro atoms. The van der Waals surface area contributed by atoms with Gasteiger partial charge in [0.05, 0.1) is 6.54 Å². The summed E-state index contributed by atoms with van der Waals surface area (Å²) in [7, 11) is 0. The molecule has 0 radical (unpaired) electrons. The number of aromatic nitrogens is 1. The van der Waals surface area contributed by atoms with Crippen molar-refractivity contribution >= 4 is 17.5 Å². The second kappa shape index (κ2) is 9.66. The summed E-state index contributed by atoms with van der Waals surface area (Å²) in [5.41, 5.74) is 3.58. The number of carbonyl (C=O) groups is 1. The molecule has 5 heteroatoms. The highest BCUT2D eigenvalue weighted by molar-refractivity contribution is 6.30. The molecule has 1 amide bonds. The largest absolute Gasteiger partial charge is 0.484 e. The predicted molar refractivity (Wildman–Crippen MR) is 117 cm³/mol. The van der Waals surface area contributed by atoms with Gasteiger partial charge in [-0.1, -0.05) is 41.4 Å². The van der Waals surface area contributed by atoms with Gasteiger partial charge in [-0.3, -0.25) is 4.79 Å². The van der Waals surface area contributed by atoms with Crippen molar-refractivity contribution in [1.29, 1.82) is 0 Å². The monoisotopic (exact) mass is 410 g/mol. The van der Waals surface area contributed by atoms with Crippen molar-refractivity contribution in [2.24, 2.45) is 0 Å². The first-order valence-corrected chi connectivity index (χ1v) is 10.2. The lowest BCUT2D eigenvalue weighted by molar-refractivity contribution is -0.135. The number of halogens is 1. The molecular weight excluding hydrogens is 384 g/mol. The summed E-state index contributed by atoms with van der Waals surface area (Å²) in [6, 6.07) is 19.7. The van der Waals surface area contributed by atoms with Gasteiger partial charge in [0, 0.05) is 29.5 Å². The lowest BCUT2D eigenvalue weighted by Gasteiger charge is -2.27. The molecule has 0 saturated heterocycles. The minimum Gasteiger partial charge on any atom is -0.484 e. The molecule has 0 saturated carbocycles. The van der Waals surface area contributed by atoms with Gasteiger partial charge in [-0.25, -0.2) is 0 Å². The summed E-state index contributed by atoms with van der Waals surface area (Å²) in [5.74, 6) is 0.590. The number of amides is 1. The lowest BCUT2D eigenvalue weighted by Crippen LogP contribution is -2.40. The van der Waals surface area contributed by atoms with Crippen molar-refractivity contribution in [1.82, 2.24) is 9.47 Å². The number of hydrogen-bond donors (Lipinski definition) is 0. The van der Waals surface area contributed by atoms with Gasteiger partial charge in [-0.05, 0) is 62.7 Å². The van der Waals surface area contributed by atoms with Crippen LogP contribution < -0.4 is 4.74 Å². The van der Waals surface area contributed by atoms with Crippen LogP contribution in [0, 0.1) is 6.92 Å². The Kier molecular flexibility index (Phi) is 6.99. The van der Waals surface area contributed by atoms with Gasteiger partial charge >= 0.3 is 0 Å². The molecule has 0 unspecified atom stereocenters. The van der Waals surface area contributed by atoms with E-state index in [1.807, 2.05) is 24.8 Å². The van der Waals surface area contributed by atoms with Crippen LogP contribution in [0.5, 0.6) is 5.75 Å². The smallest absolute Gasteiger partial charge is 0.261 e. The van der Waals surface area contributed by atoms with Gasteiger partial charge in [0.15, 0.2) is 6.61 Å². The maximum absolute atomic E-state index is 12.8. The molecule has 29 heavy (non-hydrogen) atoms. The number of nitrogens with zero attached hydrogens (tertiary/aromatic N) is 2. The number of carbonyl (C=O) groups excluding carboxylic acids is 1. The molecule has 3 rings (SSSR count). The first-order chi connectivity index (χ1) is 13.9. The topological polar surface area (TPSA) is 34.5 Å². The highest BCUT2D eigenvalue weighted by Crippen LogP contribution is 2.17. The van der Waals surface area contributed by atoms with Crippen molar-refractivity contribution in [2.45, 2.75) is 39.9 Å². The third-order valence-electron chi connectivity index (χ3n) is 4.85. The highest BCUT2D eigenvalue weighted by Gasteiger charge is 2.19. The van der Waals surface area contributed by atoms with Crippen LogP contribution in [0.3, 0.4) is 0 Å². The standard InChI is InChI=1S/C24H27ClN2O2/c1-18(2)27(24(28)17-29-23-12-10-21(25)11-13-23)16-22-5-4-14-26(22)15-20-8-6-19(3)7-9-20/h4-14,18H,15-17H2,1-3H3. The van der Waals surface area contributed by atoms with Gasteiger partial charge in [-0.15, -0.1) is 0 Å². The molecule has 2 aromatic carbocycles. The average molecular weight is 411 g/mol. The second-order valence-corrected chi connectivity index (χ2v) is 7.91. The van der Waals surface area contributed by atoms with Gasteiger partial charge in [0.1, 0.15) is 5.75 Å². The van der Waals surface area contributed by atoms with E-state index in [0.29, 0.717) is 17.3 Å². The third kappa shape index (κ3) is 5.88.